The van der Waals surface area contributed by atoms with E-state index in [0.717, 1.165) is 24.8 Å². The van der Waals surface area contributed by atoms with Crippen LogP contribution in [0.4, 0.5) is 0 Å². The lowest BCUT2D eigenvalue weighted by Gasteiger charge is -2.12. The topological polar surface area (TPSA) is 46.2 Å². The summed E-state index contributed by atoms with van der Waals surface area (Å²) in [4.78, 5) is 0. The van der Waals surface area contributed by atoms with E-state index in [1.54, 1.807) is 6.07 Å². The predicted molar refractivity (Wildman–Crippen MR) is 52.6 cm³/mol. The van der Waals surface area contributed by atoms with Crippen LogP contribution in [0, 0.1) is 0 Å². The van der Waals surface area contributed by atoms with Gasteiger partial charge in [-0.1, -0.05) is 19.1 Å². The molecule has 70 valence electrons. The largest absolute Gasteiger partial charge is 0.508 e. The molecule has 1 fully saturated rings. The Morgan fingerprint density at radius 1 is 1.46 bits per heavy atom. The van der Waals surface area contributed by atoms with Crippen molar-refractivity contribution in [2.24, 2.45) is 5.73 Å². The van der Waals surface area contributed by atoms with Gasteiger partial charge in [0, 0.05) is 11.1 Å². The van der Waals surface area contributed by atoms with E-state index in [4.69, 9.17) is 5.73 Å². The molecule has 0 spiro atoms. The van der Waals surface area contributed by atoms with E-state index >= 15 is 0 Å². The van der Waals surface area contributed by atoms with E-state index in [-0.39, 0.29) is 5.54 Å². The Kier molecular flexibility index (Phi) is 1.81. The van der Waals surface area contributed by atoms with Crippen LogP contribution in [0.1, 0.15) is 30.9 Å². The summed E-state index contributed by atoms with van der Waals surface area (Å²) in [5.74, 6) is 0.345. The van der Waals surface area contributed by atoms with Crippen molar-refractivity contribution >= 4 is 0 Å². The summed E-state index contributed by atoms with van der Waals surface area (Å²) in [5.41, 5.74) is 7.97. The molecular formula is C11H15NO. The Hall–Kier alpha value is -1.02. The summed E-state index contributed by atoms with van der Waals surface area (Å²) in [6.45, 7) is 2.10. The SMILES string of the molecule is CCc1ccc(O)c(C2(N)CC2)c1. The minimum atomic E-state index is -0.227. The molecule has 0 saturated heterocycles. The van der Waals surface area contributed by atoms with Gasteiger partial charge >= 0.3 is 0 Å². The van der Waals surface area contributed by atoms with Crippen LogP contribution < -0.4 is 5.73 Å². The number of nitrogens with two attached hydrogens (primary N) is 1. The van der Waals surface area contributed by atoms with Crippen molar-refractivity contribution in [2.45, 2.75) is 31.7 Å². The third-order valence-electron chi connectivity index (χ3n) is 2.79. The second-order valence-corrected chi connectivity index (χ2v) is 3.86. The lowest BCUT2D eigenvalue weighted by atomic mass is 10.0. The van der Waals surface area contributed by atoms with Gasteiger partial charge in [0.1, 0.15) is 5.75 Å². The van der Waals surface area contributed by atoms with Crippen molar-refractivity contribution in [3.05, 3.63) is 29.3 Å². The van der Waals surface area contributed by atoms with Gasteiger partial charge in [-0.3, -0.25) is 0 Å². The zero-order valence-electron chi connectivity index (χ0n) is 7.88. The number of hydrogen-bond donors (Lipinski definition) is 2. The Balaban J connectivity index is 2.43. The normalized spacial score (nSPS) is 18.6. The smallest absolute Gasteiger partial charge is 0.120 e. The van der Waals surface area contributed by atoms with Crippen molar-refractivity contribution in [3.8, 4) is 5.75 Å². The number of phenols is 1. The van der Waals surface area contributed by atoms with Crippen LogP contribution in [0.15, 0.2) is 18.2 Å². The lowest BCUT2D eigenvalue weighted by Crippen LogP contribution is -2.18. The summed E-state index contributed by atoms with van der Waals surface area (Å²) in [7, 11) is 0. The van der Waals surface area contributed by atoms with Gasteiger partial charge in [-0.05, 0) is 30.9 Å². The first-order valence-electron chi connectivity index (χ1n) is 4.77. The number of aromatic hydroxyl groups is 1. The standard InChI is InChI=1S/C11H15NO/c1-2-8-3-4-10(13)9(7-8)11(12)5-6-11/h3-4,7,13H,2,5-6,12H2,1H3. The van der Waals surface area contributed by atoms with Crippen LogP contribution in [-0.2, 0) is 12.0 Å². The second kappa shape index (κ2) is 2.74. The van der Waals surface area contributed by atoms with Crippen LogP contribution in [0.5, 0.6) is 5.75 Å². The molecular weight excluding hydrogens is 162 g/mol. The van der Waals surface area contributed by atoms with Crippen LogP contribution in [-0.4, -0.2) is 5.11 Å². The van der Waals surface area contributed by atoms with E-state index < -0.39 is 0 Å². The van der Waals surface area contributed by atoms with Crippen molar-refractivity contribution in [1.29, 1.82) is 0 Å². The summed E-state index contributed by atoms with van der Waals surface area (Å²) < 4.78 is 0. The first-order chi connectivity index (χ1) is 6.15. The van der Waals surface area contributed by atoms with Crippen molar-refractivity contribution < 1.29 is 5.11 Å². The van der Waals surface area contributed by atoms with E-state index in [0.29, 0.717) is 5.75 Å². The molecule has 0 aliphatic heterocycles. The van der Waals surface area contributed by atoms with Gasteiger partial charge in [0.2, 0.25) is 0 Å². The van der Waals surface area contributed by atoms with Crippen LogP contribution in [0.2, 0.25) is 0 Å². The highest BCUT2D eigenvalue weighted by molar-refractivity contribution is 5.43. The van der Waals surface area contributed by atoms with Gasteiger partial charge in [0.25, 0.3) is 0 Å². The molecule has 0 aromatic heterocycles. The molecule has 0 unspecified atom stereocenters. The van der Waals surface area contributed by atoms with Gasteiger partial charge in [0.05, 0.1) is 0 Å². The third-order valence-corrected chi connectivity index (χ3v) is 2.79. The quantitative estimate of drug-likeness (QED) is 0.724. The second-order valence-electron chi connectivity index (χ2n) is 3.86. The Bertz CT molecular complexity index is 329. The van der Waals surface area contributed by atoms with E-state index in [1.807, 2.05) is 12.1 Å². The molecule has 0 bridgehead atoms. The number of benzene rings is 1. The zero-order chi connectivity index (χ0) is 9.47. The van der Waals surface area contributed by atoms with Gasteiger partial charge in [-0.2, -0.15) is 0 Å². The Morgan fingerprint density at radius 2 is 2.15 bits per heavy atom. The molecule has 0 amide bonds. The van der Waals surface area contributed by atoms with E-state index in [9.17, 15) is 5.11 Å². The lowest BCUT2D eigenvalue weighted by molar-refractivity contribution is 0.459. The summed E-state index contributed by atoms with van der Waals surface area (Å²) in [6, 6.07) is 5.73. The van der Waals surface area contributed by atoms with Crippen molar-refractivity contribution in [2.75, 3.05) is 0 Å². The number of aryl methyl sites for hydroxylation is 1. The van der Waals surface area contributed by atoms with Gasteiger partial charge in [0.15, 0.2) is 0 Å². The molecule has 3 N–H and O–H groups in total. The maximum Gasteiger partial charge on any atom is 0.120 e. The molecule has 0 heterocycles. The molecule has 1 saturated carbocycles. The van der Waals surface area contributed by atoms with Crippen LogP contribution in [0.25, 0.3) is 0 Å². The number of phenolic OH excluding ortho intramolecular Hbond substituents is 1. The molecule has 0 radical (unpaired) electrons. The van der Waals surface area contributed by atoms with Crippen molar-refractivity contribution in [1.82, 2.24) is 0 Å². The summed E-state index contributed by atoms with van der Waals surface area (Å²) >= 11 is 0. The molecule has 1 aromatic rings. The maximum absolute atomic E-state index is 9.63. The highest BCUT2D eigenvalue weighted by atomic mass is 16.3. The predicted octanol–water partition coefficient (Wildman–Crippen LogP) is 1.90. The number of rotatable bonds is 2. The number of hydrogen-bond acceptors (Lipinski definition) is 2. The average molecular weight is 177 g/mol. The fourth-order valence-corrected chi connectivity index (χ4v) is 1.61. The Morgan fingerprint density at radius 3 is 2.69 bits per heavy atom. The van der Waals surface area contributed by atoms with Crippen LogP contribution >= 0.6 is 0 Å². The molecule has 1 aliphatic rings. The highest BCUT2D eigenvalue weighted by Gasteiger charge is 2.41. The summed E-state index contributed by atoms with van der Waals surface area (Å²) in [5, 5.41) is 9.63. The molecule has 0 atom stereocenters. The molecule has 1 aliphatic carbocycles. The molecule has 2 rings (SSSR count). The van der Waals surface area contributed by atoms with Gasteiger partial charge < -0.3 is 10.8 Å². The zero-order valence-corrected chi connectivity index (χ0v) is 7.88. The Labute approximate surface area is 78.4 Å². The minimum Gasteiger partial charge on any atom is -0.508 e. The summed E-state index contributed by atoms with van der Waals surface area (Å²) in [6.07, 6.45) is 2.98. The average Bonchev–Trinajstić information content (AvgIpc) is 2.86. The third kappa shape index (κ3) is 1.42. The van der Waals surface area contributed by atoms with E-state index in [1.165, 1.54) is 5.56 Å². The highest BCUT2D eigenvalue weighted by Crippen LogP contribution is 2.46. The molecule has 13 heavy (non-hydrogen) atoms. The minimum absolute atomic E-state index is 0.227. The van der Waals surface area contributed by atoms with Crippen molar-refractivity contribution in [3.63, 3.8) is 0 Å². The van der Waals surface area contributed by atoms with E-state index in [2.05, 4.69) is 6.92 Å². The fraction of sp³-hybridized carbons (Fsp3) is 0.455. The first kappa shape index (κ1) is 8.57. The maximum atomic E-state index is 9.63. The molecule has 2 nitrogen and oxygen atoms in total. The van der Waals surface area contributed by atoms with Gasteiger partial charge in [-0.25, -0.2) is 0 Å². The molecule has 1 aromatic carbocycles. The van der Waals surface area contributed by atoms with Gasteiger partial charge in [-0.15, -0.1) is 0 Å². The monoisotopic (exact) mass is 177 g/mol. The first-order valence-corrected chi connectivity index (χ1v) is 4.77. The molecule has 2 heteroatoms. The fourth-order valence-electron chi connectivity index (χ4n) is 1.61. The van der Waals surface area contributed by atoms with Crippen LogP contribution in [0.3, 0.4) is 0 Å².